The lowest BCUT2D eigenvalue weighted by Crippen LogP contribution is -2.33. The number of methoxy groups -OCH3 is 4. The summed E-state index contributed by atoms with van der Waals surface area (Å²) in [7, 11) is 6.15. The van der Waals surface area contributed by atoms with Gasteiger partial charge in [0.05, 0.1) is 34.5 Å². The number of carbonyl (C=O) groups excluding carboxylic acids is 2. The van der Waals surface area contributed by atoms with E-state index in [-0.39, 0.29) is 18.6 Å². The van der Waals surface area contributed by atoms with Crippen molar-refractivity contribution in [3.05, 3.63) is 53.6 Å². The Morgan fingerprint density at radius 1 is 0.970 bits per heavy atom. The van der Waals surface area contributed by atoms with Crippen LogP contribution in [0, 0.1) is 5.92 Å². The van der Waals surface area contributed by atoms with Crippen molar-refractivity contribution in [1.82, 2.24) is 5.32 Å². The molecule has 1 unspecified atom stereocenters. The van der Waals surface area contributed by atoms with Crippen molar-refractivity contribution in [2.24, 2.45) is 5.92 Å². The average Bonchev–Trinajstić information content (AvgIpc) is 3.69. The first-order valence-electron chi connectivity index (χ1n) is 10.6. The van der Waals surface area contributed by atoms with E-state index in [1.165, 1.54) is 27.4 Å². The molecular weight excluding hydrogens is 426 g/mol. The molecule has 1 aliphatic carbocycles. The van der Waals surface area contributed by atoms with Crippen LogP contribution in [0.25, 0.3) is 6.08 Å². The largest absolute Gasteiger partial charge is 0.497 e. The molecule has 2 aromatic carbocycles. The van der Waals surface area contributed by atoms with E-state index in [0.29, 0.717) is 28.7 Å². The van der Waals surface area contributed by atoms with Crippen molar-refractivity contribution in [3.63, 3.8) is 0 Å². The van der Waals surface area contributed by atoms with Gasteiger partial charge < -0.3 is 29.0 Å². The fourth-order valence-electron chi connectivity index (χ4n) is 3.48. The quantitative estimate of drug-likeness (QED) is 0.409. The van der Waals surface area contributed by atoms with Gasteiger partial charge in [-0.25, -0.2) is 4.79 Å². The molecular formula is C25H29NO7. The molecule has 2 aromatic rings. The second-order valence-electron chi connectivity index (χ2n) is 7.56. The monoisotopic (exact) mass is 455 g/mol. The molecule has 1 amide bonds. The summed E-state index contributed by atoms with van der Waals surface area (Å²) in [6, 6.07) is 10.9. The highest BCUT2D eigenvalue weighted by atomic mass is 16.5. The summed E-state index contributed by atoms with van der Waals surface area (Å²) in [6.07, 6.45) is 4.90. The van der Waals surface area contributed by atoms with Crippen molar-refractivity contribution in [2.45, 2.75) is 18.9 Å². The molecule has 33 heavy (non-hydrogen) atoms. The Morgan fingerprint density at radius 3 is 2.12 bits per heavy atom. The predicted molar refractivity (Wildman–Crippen MR) is 123 cm³/mol. The third kappa shape index (κ3) is 6.41. The maximum atomic E-state index is 12.4. The molecule has 1 atom stereocenters. The Labute approximate surface area is 193 Å². The van der Waals surface area contributed by atoms with Crippen LogP contribution in [0.2, 0.25) is 0 Å². The van der Waals surface area contributed by atoms with Crippen LogP contribution in [-0.2, 0) is 14.3 Å². The summed E-state index contributed by atoms with van der Waals surface area (Å²) in [5.41, 5.74) is 1.65. The zero-order chi connectivity index (χ0) is 23.8. The SMILES string of the molecule is COc1ccc(C(NC(=O)COC(=O)/C=C/c2cc(OC)c(OC)c(OC)c2)C2CC2)cc1. The predicted octanol–water partition coefficient (Wildman–Crippen LogP) is 3.54. The van der Waals surface area contributed by atoms with Crippen molar-refractivity contribution in [2.75, 3.05) is 35.0 Å². The highest BCUT2D eigenvalue weighted by Gasteiger charge is 2.33. The number of hydrogen-bond donors (Lipinski definition) is 1. The molecule has 1 N–H and O–H groups in total. The second kappa shape index (κ2) is 11.3. The summed E-state index contributed by atoms with van der Waals surface area (Å²) in [5, 5.41) is 2.98. The summed E-state index contributed by atoms with van der Waals surface area (Å²) in [6.45, 7) is -0.363. The van der Waals surface area contributed by atoms with Gasteiger partial charge in [0.1, 0.15) is 5.75 Å². The lowest BCUT2D eigenvalue weighted by atomic mass is 10.0. The van der Waals surface area contributed by atoms with Gasteiger partial charge in [-0.15, -0.1) is 0 Å². The normalized spacial score (nSPS) is 13.8. The number of ether oxygens (including phenoxy) is 5. The molecule has 176 valence electrons. The highest BCUT2D eigenvalue weighted by Crippen LogP contribution is 2.41. The van der Waals surface area contributed by atoms with Crippen LogP contribution in [-0.4, -0.2) is 46.9 Å². The first-order chi connectivity index (χ1) is 16.0. The average molecular weight is 456 g/mol. The van der Waals surface area contributed by atoms with E-state index in [4.69, 9.17) is 23.7 Å². The van der Waals surface area contributed by atoms with Crippen molar-refractivity contribution < 1.29 is 33.3 Å². The molecule has 1 saturated carbocycles. The minimum absolute atomic E-state index is 0.114. The zero-order valence-corrected chi connectivity index (χ0v) is 19.3. The standard InChI is InChI=1S/C25H29NO7/c1-29-19-10-8-18(9-11-19)24(17-6-7-17)26-22(27)15-33-23(28)12-5-16-13-20(30-2)25(32-4)21(14-16)31-3/h5,8-14,17,24H,6-7,15H2,1-4H3,(H,26,27)/b12-5+. The van der Waals surface area contributed by atoms with Crippen molar-refractivity contribution in [3.8, 4) is 23.0 Å². The van der Waals surface area contributed by atoms with Gasteiger partial charge in [0.15, 0.2) is 18.1 Å². The van der Waals surface area contributed by atoms with Gasteiger partial charge in [0.25, 0.3) is 5.91 Å². The van der Waals surface area contributed by atoms with Crippen molar-refractivity contribution in [1.29, 1.82) is 0 Å². The minimum atomic E-state index is -0.633. The Kier molecular flexibility index (Phi) is 8.18. The van der Waals surface area contributed by atoms with E-state index in [1.807, 2.05) is 24.3 Å². The molecule has 8 nitrogen and oxygen atoms in total. The number of rotatable bonds is 11. The molecule has 0 spiro atoms. The maximum Gasteiger partial charge on any atom is 0.331 e. The third-order valence-electron chi connectivity index (χ3n) is 5.33. The van der Waals surface area contributed by atoms with Crippen LogP contribution < -0.4 is 24.3 Å². The molecule has 0 saturated heterocycles. The van der Waals surface area contributed by atoms with E-state index in [1.54, 1.807) is 25.3 Å². The van der Waals surface area contributed by atoms with Crippen LogP contribution in [0.4, 0.5) is 0 Å². The van der Waals surface area contributed by atoms with Gasteiger partial charge >= 0.3 is 5.97 Å². The van der Waals surface area contributed by atoms with Crippen LogP contribution in [0.1, 0.15) is 30.0 Å². The van der Waals surface area contributed by atoms with Crippen LogP contribution >= 0.6 is 0 Å². The Bertz CT molecular complexity index is 971. The number of esters is 1. The van der Waals surface area contributed by atoms with Gasteiger partial charge in [-0.1, -0.05) is 12.1 Å². The van der Waals surface area contributed by atoms with Gasteiger partial charge in [-0.05, 0) is 60.2 Å². The van der Waals surface area contributed by atoms with E-state index >= 15 is 0 Å². The highest BCUT2D eigenvalue weighted by molar-refractivity contribution is 5.89. The Balaban J connectivity index is 1.56. The number of carbonyl (C=O) groups is 2. The molecule has 8 heteroatoms. The molecule has 0 bridgehead atoms. The van der Waals surface area contributed by atoms with Crippen LogP contribution in [0.15, 0.2) is 42.5 Å². The fourth-order valence-corrected chi connectivity index (χ4v) is 3.48. The van der Waals surface area contributed by atoms with E-state index < -0.39 is 5.97 Å². The van der Waals surface area contributed by atoms with Gasteiger partial charge in [-0.3, -0.25) is 4.79 Å². The molecule has 1 aliphatic rings. The van der Waals surface area contributed by atoms with Crippen LogP contribution in [0.3, 0.4) is 0 Å². The summed E-state index contributed by atoms with van der Waals surface area (Å²) >= 11 is 0. The number of hydrogen-bond acceptors (Lipinski definition) is 7. The van der Waals surface area contributed by atoms with Gasteiger partial charge in [-0.2, -0.15) is 0 Å². The third-order valence-corrected chi connectivity index (χ3v) is 5.33. The van der Waals surface area contributed by atoms with E-state index in [0.717, 1.165) is 24.2 Å². The molecule has 0 heterocycles. The molecule has 0 radical (unpaired) electrons. The lowest BCUT2D eigenvalue weighted by Gasteiger charge is -2.19. The van der Waals surface area contributed by atoms with Gasteiger partial charge in [0.2, 0.25) is 5.75 Å². The maximum absolute atomic E-state index is 12.4. The molecule has 3 rings (SSSR count). The van der Waals surface area contributed by atoms with E-state index in [9.17, 15) is 9.59 Å². The summed E-state index contributed by atoms with van der Waals surface area (Å²) < 4.78 is 26.2. The first kappa shape index (κ1) is 24.0. The fraction of sp³-hybridized carbons (Fsp3) is 0.360. The summed E-state index contributed by atoms with van der Waals surface area (Å²) in [5.74, 6) is 1.55. The van der Waals surface area contributed by atoms with E-state index in [2.05, 4.69) is 5.32 Å². The molecule has 0 aromatic heterocycles. The number of benzene rings is 2. The summed E-state index contributed by atoms with van der Waals surface area (Å²) in [4.78, 5) is 24.5. The number of amides is 1. The van der Waals surface area contributed by atoms with Crippen LogP contribution in [0.5, 0.6) is 23.0 Å². The second-order valence-corrected chi connectivity index (χ2v) is 7.56. The molecule has 0 aliphatic heterocycles. The zero-order valence-electron chi connectivity index (χ0n) is 19.3. The Morgan fingerprint density at radius 2 is 1.61 bits per heavy atom. The topological polar surface area (TPSA) is 92.3 Å². The molecule has 1 fully saturated rings. The van der Waals surface area contributed by atoms with Gasteiger partial charge in [0, 0.05) is 6.08 Å². The number of nitrogens with one attached hydrogen (secondary N) is 1. The Hall–Kier alpha value is -3.68. The smallest absolute Gasteiger partial charge is 0.331 e. The minimum Gasteiger partial charge on any atom is -0.497 e. The lowest BCUT2D eigenvalue weighted by molar-refractivity contribution is -0.144. The first-order valence-corrected chi connectivity index (χ1v) is 10.6. The van der Waals surface area contributed by atoms with Crippen molar-refractivity contribution >= 4 is 18.0 Å².